The molecule has 0 unspecified atom stereocenters. The van der Waals surface area contributed by atoms with Crippen molar-refractivity contribution < 1.29 is 18.4 Å². The Hall–Kier alpha value is -3.18. The number of hydrogen-bond donors (Lipinski definition) is 1. The van der Waals surface area contributed by atoms with Crippen molar-refractivity contribution in [3.05, 3.63) is 74.7 Å². The first-order chi connectivity index (χ1) is 11.3. The molecule has 0 aliphatic carbocycles. The maximum atomic E-state index is 12.3. The molecule has 0 atom stereocenters. The first-order valence-electron chi connectivity index (χ1n) is 6.69. The zero-order valence-electron chi connectivity index (χ0n) is 12.3. The third kappa shape index (κ3) is 3.97. The van der Waals surface area contributed by atoms with Crippen LogP contribution in [0, 0.1) is 21.4 Å². The van der Waals surface area contributed by atoms with Crippen LogP contribution in [0.2, 0.25) is 0 Å². The molecule has 0 bridgehead atoms. The van der Waals surface area contributed by atoms with E-state index < -0.39 is 31.1 Å². The van der Waals surface area contributed by atoms with Gasteiger partial charge in [-0.2, -0.15) is 5.26 Å². The number of nitro groups is 1. The van der Waals surface area contributed by atoms with Gasteiger partial charge >= 0.3 is 5.69 Å². The smallest absolute Gasteiger partial charge is 0.311 e. The van der Waals surface area contributed by atoms with Crippen LogP contribution in [0.3, 0.4) is 0 Å². The Bertz CT molecular complexity index is 944. The molecular weight excluding hydrogens is 332 g/mol. The lowest BCUT2D eigenvalue weighted by Gasteiger charge is -2.04. The van der Waals surface area contributed by atoms with E-state index in [-0.39, 0.29) is 11.3 Å². The van der Waals surface area contributed by atoms with Crippen molar-refractivity contribution >= 4 is 21.6 Å². The van der Waals surface area contributed by atoms with Gasteiger partial charge < -0.3 is 5.11 Å². The second-order valence-electron chi connectivity index (χ2n) is 4.87. The molecule has 2 aromatic rings. The number of benzene rings is 2. The van der Waals surface area contributed by atoms with Crippen LogP contribution in [-0.4, -0.2) is 18.4 Å². The highest BCUT2D eigenvalue weighted by Gasteiger charge is 2.20. The minimum atomic E-state index is -3.90. The minimum Gasteiger partial charge on any atom is -0.502 e. The van der Waals surface area contributed by atoms with Crippen molar-refractivity contribution in [1.29, 1.82) is 5.26 Å². The van der Waals surface area contributed by atoms with Gasteiger partial charge in [0.15, 0.2) is 15.6 Å². The summed E-state index contributed by atoms with van der Waals surface area (Å²) in [6.45, 7) is 0. The Morgan fingerprint density at radius 2 is 1.92 bits per heavy atom. The predicted octanol–water partition coefficient (Wildman–Crippen LogP) is 2.78. The third-order valence-corrected chi connectivity index (χ3v) is 4.73. The summed E-state index contributed by atoms with van der Waals surface area (Å²) in [5.74, 6) is -0.893. The van der Waals surface area contributed by atoms with Gasteiger partial charge in [-0.3, -0.25) is 10.1 Å². The number of sulfone groups is 1. The van der Waals surface area contributed by atoms with Crippen LogP contribution in [0.4, 0.5) is 5.69 Å². The zero-order chi connectivity index (χ0) is 17.7. The number of nitro benzene ring substituents is 1. The van der Waals surface area contributed by atoms with Crippen molar-refractivity contribution in [1.82, 2.24) is 0 Å². The van der Waals surface area contributed by atoms with E-state index in [1.165, 1.54) is 6.07 Å². The Morgan fingerprint density at radius 1 is 1.25 bits per heavy atom. The Labute approximate surface area is 138 Å². The first kappa shape index (κ1) is 17.2. The van der Waals surface area contributed by atoms with Gasteiger partial charge in [0.25, 0.3) is 0 Å². The Morgan fingerprint density at radius 3 is 2.50 bits per heavy atom. The summed E-state index contributed by atoms with van der Waals surface area (Å²) in [5.41, 5.74) is 0.0875. The number of hydrogen-bond acceptors (Lipinski definition) is 6. The monoisotopic (exact) mass is 344 g/mol. The molecule has 8 heteroatoms. The summed E-state index contributed by atoms with van der Waals surface area (Å²) in [6, 6.07) is 13.3. The molecule has 2 aromatic carbocycles. The van der Waals surface area contributed by atoms with Crippen LogP contribution in [0.1, 0.15) is 11.1 Å². The molecular formula is C16H12N2O5S. The van der Waals surface area contributed by atoms with Crippen molar-refractivity contribution in [2.75, 3.05) is 0 Å². The molecule has 0 saturated carbocycles. The van der Waals surface area contributed by atoms with Gasteiger partial charge in [0.2, 0.25) is 0 Å². The molecule has 0 aliphatic heterocycles. The number of aromatic hydroxyl groups is 1. The van der Waals surface area contributed by atoms with Gasteiger partial charge in [-0.1, -0.05) is 36.4 Å². The van der Waals surface area contributed by atoms with Crippen LogP contribution in [0.25, 0.3) is 6.08 Å². The van der Waals surface area contributed by atoms with E-state index in [0.29, 0.717) is 5.56 Å². The molecule has 0 fully saturated rings. The minimum absolute atomic E-state index is 0.132. The summed E-state index contributed by atoms with van der Waals surface area (Å²) in [5, 5.41) is 29.4. The molecule has 0 amide bonds. The van der Waals surface area contributed by atoms with Crippen molar-refractivity contribution in [2.24, 2.45) is 0 Å². The number of allylic oxidation sites excluding steroid dienone is 1. The maximum Gasteiger partial charge on any atom is 0.311 e. The lowest BCUT2D eigenvalue weighted by atomic mass is 10.2. The predicted molar refractivity (Wildman–Crippen MR) is 87.4 cm³/mol. The highest BCUT2D eigenvalue weighted by atomic mass is 32.2. The Kier molecular flexibility index (Phi) is 4.96. The molecule has 1 N–H and O–H groups in total. The molecule has 2 rings (SSSR count). The molecule has 0 saturated heterocycles. The molecule has 0 heterocycles. The van der Waals surface area contributed by atoms with Crippen LogP contribution < -0.4 is 0 Å². The van der Waals surface area contributed by atoms with Gasteiger partial charge in [0.05, 0.1) is 10.7 Å². The zero-order valence-corrected chi connectivity index (χ0v) is 13.1. The van der Waals surface area contributed by atoms with Crippen molar-refractivity contribution in [2.45, 2.75) is 5.75 Å². The van der Waals surface area contributed by atoms with E-state index in [2.05, 4.69) is 0 Å². The van der Waals surface area contributed by atoms with E-state index in [0.717, 1.165) is 18.2 Å². The SMILES string of the molecule is N#CC(=Cc1ccc(O)c([N+](=O)[O-])c1)S(=O)(=O)Cc1ccccc1. The van der Waals surface area contributed by atoms with Crippen LogP contribution in [-0.2, 0) is 15.6 Å². The highest BCUT2D eigenvalue weighted by Crippen LogP contribution is 2.28. The largest absolute Gasteiger partial charge is 0.502 e. The summed E-state index contributed by atoms with van der Waals surface area (Å²) in [4.78, 5) is 9.51. The lowest BCUT2D eigenvalue weighted by molar-refractivity contribution is -0.385. The molecule has 24 heavy (non-hydrogen) atoms. The van der Waals surface area contributed by atoms with Gasteiger partial charge in [-0.15, -0.1) is 0 Å². The number of nitriles is 1. The molecule has 7 nitrogen and oxygen atoms in total. The van der Waals surface area contributed by atoms with E-state index >= 15 is 0 Å². The number of phenolic OH excluding ortho intramolecular Hbond substituents is 1. The summed E-state index contributed by atoms with van der Waals surface area (Å²) in [7, 11) is -3.90. The van der Waals surface area contributed by atoms with Crippen molar-refractivity contribution in [3.63, 3.8) is 0 Å². The topological polar surface area (TPSA) is 121 Å². The summed E-state index contributed by atoms with van der Waals surface area (Å²) in [6.07, 6.45) is 1.05. The molecule has 0 aromatic heterocycles. The van der Waals surface area contributed by atoms with E-state index in [1.807, 2.05) is 0 Å². The molecule has 0 aliphatic rings. The second kappa shape index (κ2) is 6.93. The highest BCUT2D eigenvalue weighted by molar-refractivity contribution is 7.95. The number of rotatable bonds is 5. The van der Waals surface area contributed by atoms with E-state index in [9.17, 15) is 23.6 Å². The van der Waals surface area contributed by atoms with Crippen LogP contribution in [0.5, 0.6) is 5.75 Å². The number of nitrogens with zero attached hydrogens (tertiary/aromatic N) is 2. The lowest BCUT2D eigenvalue weighted by Crippen LogP contribution is -2.06. The van der Waals surface area contributed by atoms with Gasteiger partial charge in [0.1, 0.15) is 11.0 Å². The van der Waals surface area contributed by atoms with E-state index in [1.54, 1.807) is 36.4 Å². The maximum absolute atomic E-state index is 12.3. The molecule has 0 radical (unpaired) electrons. The normalized spacial score (nSPS) is 11.7. The van der Waals surface area contributed by atoms with Crippen molar-refractivity contribution in [3.8, 4) is 11.8 Å². The third-order valence-electron chi connectivity index (χ3n) is 3.14. The standard InChI is InChI=1S/C16H12N2O5S/c17-10-14(24(22,23)11-12-4-2-1-3-5-12)8-13-6-7-16(19)15(9-13)18(20)21/h1-9,19H,11H2. The number of phenols is 1. The fourth-order valence-corrected chi connectivity index (χ4v) is 3.23. The molecule has 0 spiro atoms. The Balaban J connectivity index is 2.41. The van der Waals surface area contributed by atoms with Gasteiger partial charge in [-0.05, 0) is 23.3 Å². The van der Waals surface area contributed by atoms with Gasteiger partial charge in [0, 0.05) is 6.07 Å². The average molecular weight is 344 g/mol. The fourth-order valence-electron chi connectivity index (χ4n) is 1.99. The molecule has 122 valence electrons. The fraction of sp³-hybridized carbons (Fsp3) is 0.0625. The first-order valence-corrected chi connectivity index (χ1v) is 8.34. The van der Waals surface area contributed by atoms with E-state index in [4.69, 9.17) is 5.26 Å². The second-order valence-corrected chi connectivity index (χ2v) is 6.83. The van der Waals surface area contributed by atoms with Gasteiger partial charge in [-0.25, -0.2) is 8.42 Å². The van der Waals surface area contributed by atoms with Crippen LogP contribution in [0.15, 0.2) is 53.4 Å². The summed E-state index contributed by atoms with van der Waals surface area (Å²) < 4.78 is 24.7. The quantitative estimate of drug-likeness (QED) is 0.505. The average Bonchev–Trinajstić information content (AvgIpc) is 2.54. The van der Waals surface area contributed by atoms with Crippen LogP contribution >= 0.6 is 0 Å². The summed E-state index contributed by atoms with van der Waals surface area (Å²) >= 11 is 0.